The Morgan fingerprint density at radius 2 is 1.83 bits per heavy atom. The summed E-state index contributed by atoms with van der Waals surface area (Å²) in [5.41, 5.74) is 7.67. The molecule has 1 aromatic heterocycles. The van der Waals surface area contributed by atoms with Gasteiger partial charge < -0.3 is 5.73 Å². The maximum absolute atomic E-state index is 12.2. The monoisotopic (exact) mass is 262 g/mol. The summed E-state index contributed by atoms with van der Waals surface area (Å²) < 4.78 is 24.4. The zero-order chi connectivity index (χ0) is 13.2. The molecule has 4 nitrogen and oxygen atoms in total. The van der Waals surface area contributed by atoms with Gasteiger partial charge in [0, 0.05) is 6.20 Å². The molecule has 0 atom stereocenters. The van der Waals surface area contributed by atoms with Crippen LogP contribution in [-0.4, -0.2) is 13.4 Å². The highest BCUT2D eigenvalue weighted by molar-refractivity contribution is 7.90. The van der Waals surface area contributed by atoms with E-state index in [0.717, 1.165) is 11.1 Å². The van der Waals surface area contributed by atoms with Gasteiger partial charge in [0.15, 0.2) is 9.84 Å². The fourth-order valence-electron chi connectivity index (χ4n) is 1.66. The molecule has 0 amide bonds. The number of nitrogens with zero attached hydrogens (tertiary/aromatic N) is 1. The van der Waals surface area contributed by atoms with Gasteiger partial charge in [0.25, 0.3) is 0 Å². The molecule has 1 aromatic carbocycles. The van der Waals surface area contributed by atoms with Gasteiger partial charge in [0.2, 0.25) is 0 Å². The van der Waals surface area contributed by atoms with Crippen LogP contribution in [0.5, 0.6) is 0 Å². The maximum Gasteiger partial charge on any atom is 0.184 e. The van der Waals surface area contributed by atoms with E-state index in [-0.39, 0.29) is 16.3 Å². The number of benzene rings is 1. The summed E-state index contributed by atoms with van der Waals surface area (Å²) in [6.07, 6.45) is 2.78. The Balaban J connectivity index is 2.33. The van der Waals surface area contributed by atoms with Crippen LogP contribution in [0.3, 0.4) is 0 Å². The van der Waals surface area contributed by atoms with Crippen molar-refractivity contribution in [1.29, 1.82) is 0 Å². The first kappa shape index (κ1) is 12.6. The predicted octanol–water partition coefficient (Wildman–Crippen LogP) is 1.95. The Hall–Kier alpha value is -1.88. The summed E-state index contributed by atoms with van der Waals surface area (Å²) >= 11 is 0. The molecule has 5 heteroatoms. The van der Waals surface area contributed by atoms with Crippen molar-refractivity contribution in [1.82, 2.24) is 4.98 Å². The minimum absolute atomic E-state index is 0.0541. The predicted molar refractivity (Wildman–Crippen MR) is 70.7 cm³/mol. The van der Waals surface area contributed by atoms with Gasteiger partial charge in [-0.25, -0.2) is 8.42 Å². The molecule has 0 radical (unpaired) electrons. The Morgan fingerprint density at radius 3 is 2.44 bits per heavy atom. The number of aromatic nitrogens is 1. The molecule has 0 spiro atoms. The third kappa shape index (κ3) is 2.68. The molecule has 2 aromatic rings. The van der Waals surface area contributed by atoms with Crippen molar-refractivity contribution < 1.29 is 8.42 Å². The Bertz CT molecular complexity index is 649. The molecule has 0 saturated heterocycles. The van der Waals surface area contributed by atoms with Crippen molar-refractivity contribution in [2.24, 2.45) is 0 Å². The van der Waals surface area contributed by atoms with Crippen molar-refractivity contribution in [3.8, 4) is 0 Å². The highest BCUT2D eigenvalue weighted by Crippen LogP contribution is 2.21. The highest BCUT2D eigenvalue weighted by atomic mass is 32.2. The van der Waals surface area contributed by atoms with Crippen LogP contribution in [0.15, 0.2) is 47.6 Å². The van der Waals surface area contributed by atoms with Crippen LogP contribution < -0.4 is 5.73 Å². The van der Waals surface area contributed by atoms with Gasteiger partial charge in [-0.3, -0.25) is 4.98 Å². The van der Waals surface area contributed by atoms with Crippen molar-refractivity contribution in [3.05, 3.63) is 53.9 Å². The minimum atomic E-state index is -3.42. The van der Waals surface area contributed by atoms with Gasteiger partial charge in [0.05, 0.1) is 22.5 Å². The fraction of sp³-hybridized carbons (Fsp3) is 0.154. The van der Waals surface area contributed by atoms with E-state index in [0.29, 0.717) is 0 Å². The molecule has 1 heterocycles. The number of rotatable bonds is 3. The number of aryl methyl sites for hydroxylation is 1. The molecule has 0 bridgehead atoms. The number of nitrogens with two attached hydrogens (primary N) is 1. The van der Waals surface area contributed by atoms with E-state index in [2.05, 4.69) is 4.98 Å². The Morgan fingerprint density at radius 1 is 1.17 bits per heavy atom. The molecular weight excluding hydrogens is 248 g/mol. The van der Waals surface area contributed by atoms with E-state index in [1.165, 1.54) is 18.5 Å². The van der Waals surface area contributed by atoms with Gasteiger partial charge in [0.1, 0.15) is 0 Å². The van der Waals surface area contributed by atoms with E-state index in [1.54, 1.807) is 0 Å². The standard InChI is InChI=1S/C13H14N2O2S/c1-10-2-4-11(5-3-10)9-18(16,17)13-6-7-15-8-12(13)14/h2-8H,9,14H2,1H3. The molecule has 0 saturated carbocycles. The Labute approximate surface area is 106 Å². The number of hydrogen-bond acceptors (Lipinski definition) is 4. The number of pyridine rings is 1. The van der Waals surface area contributed by atoms with Crippen molar-refractivity contribution in [2.45, 2.75) is 17.6 Å². The molecule has 0 aliphatic rings. The number of nitrogen functional groups attached to an aromatic ring is 1. The minimum Gasteiger partial charge on any atom is -0.396 e. The van der Waals surface area contributed by atoms with E-state index in [1.807, 2.05) is 31.2 Å². The molecule has 94 valence electrons. The van der Waals surface area contributed by atoms with Crippen LogP contribution in [0.1, 0.15) is 11.1 Å². The van der Waals surface area contributed by atoms with Gasteiger partial charge in [-0.2, -0.15) is 0 Å². The zero-order valence-corrected chi connectivity index (χ0v) is 10.8. The summed E-state index contributed by atoms with van der Waals surface area (Å²) in [6, 6.07) is 8.83. The lowest BCUT2D eigenvalue weighted by molar-refractivity contribution is 0.595. The summed E-state index contributed by atoms with van der Waals surface area (Å²) in [7, 11) is -3.42. The first-order valence-corrected chi connectivity index (χ1v) is 7.12. The number of hydrogen-bond donors (Lipinski definition) is 1. The number of sulfone groups is 1. The van der Waals surface area contributed by atoms with Crippen molar-refractivity contribution in [3.63, 3.8) is 0 Å². The maximum atomic E-state index is 12.2. The molecule has 0 unspecified atom stereocenters. The van der Waals surface area contributed by atoms with E-state index < -0.39 is 9.84 Å². The topological polar surface area (TPSA) is 73.0 Å². The normalized spacial score (nSPS) is 11.4. The first-order valence-electron chi connectivity index (χ1n) is 5.47. The third-order valence-corrected chi connectivity index (χ3v) is 4.38. The van der Waals surface area contributed by atoms with Crippen LogP contribution in [0.25, 0.3) is 0 Å². The lowest BCUT2D eigenvalue weighted by atomic mass is 10.2. The van der Waals surface area contributed by atoms with Crippen LogP contribution in [0, 0.1) is 6.92 Å². The summed E-state index contributed by atoms with van der Waals surface area (Å²) in [5.74, 6) is -0.0541. The van der Waals surface area contributed by atoms with E-state index in [4.69, 9.17) is 5.73 Å². The largest absolute Gasteiger partial charge is 0.396 e. The van der Waals surface area contributed by atoms with Crippen molar-refractivity contribution >= 4 is 15.5 Å². The molecule has 2 rings (SSSR count). The quantitative estimate of drug-likeness (QED) is 0.917. The van der Waals surface area contributed by atoms with Crippen LogP contribution in [-0.2, 0) is 15.6 Å². The summed E-state index contributed by atoms with van der Waals surface area (Å²) in [4.78, 5) is 3.92. The van der Waals surface area contributed by atoms with Gasteiger partial charge in [-0.1, -0.05) is 29.8 Å². The zero-order valence-electron chi connectivity index (χ0n) is 10.00. The first-order chi connectivity index (χ1) is 8.49. The second-order valence-electron chi connectivity index (χ2n) is 4.16. The van der Waals surface area contributed by atoms with E-state index in [9.17, 15) is 8.42 Å². The average molecular weight is 262 g/mol. The van der Waals surface area contributed by atoms with Crippen LogP contribution in [0.4, 0.5) is 5.69 Å². The van der Waals surface area contributed by atoms with Gasteiger partial charge in [-0.05, 0) is 18.6 Å². The van der Waals surface area contributed by atoms with Gasteiger partial charge in [-0.15, -0.1) is 0 Å². The highest BCUT2D eigenvalue weighted by Gasteiger charge is 2.18. The van der Waals surface area contributed by atoms with Crippen molar-refractivity contribution in [2.75, 3.05) is 5.73 Å². The van der Waals surface area contributed by atoms with Crippen LogP contribution >= 0.6 is 0 Å². The molecule has 0 aliphatic heterocycles. The second-order valence-corrected chi connectivity index (χ2v) is 6.12. The lowest BCUT2D eigenvalue weighted by Crippen LogP contribution is -2.08. The third-order valence-electron chi connectivity index (χ3n) is 2.62. The molecule has 18 heavy (non-hydrogen) atoms. The molecule has 0 aliphatic carbocycles. The fourth-order valence-corrected chi connectivity index (χ4v) is 3.13. The Kier molecular flexibility index (Phi) is 3.34. The smallest absolute Gasteiger partial charge is 0.184 e. The molecule has 2 N–H and O–H groups in total. The molecular formula is C13H14N2O2S. The van der Waals surface area contributed by atoms with Gasteiger partial charge >= 0.3 is 0 Å². The van der Waals surface area contributed by atoms with E-state index >= 15 is 0 Å². The summed E-state index contributed by atoms with van der Waals surface area (Å²) in [6.45, 7) is 1.96. The lowest BCUT2D eigenvalue weighted by Gasteiger charge is -2.07. The summed E-state index contributed by atoms with van der Waals surface area (Å²) in [5, 5.41) is 0. The van der Waals surface area contributed by atoms with Crippen LogP contribution in [0.2, 0.25) is 0 Å². The number of anilines is 1. The molecule has 0 fully saturated rings. The average Bonchev–Trinajstić information content (AvgIpc) is 2.32. The second kappa shape index (κ2) is 4.78. The SMILES string of the molecule is Cc1ccc(CS(=O)(=O)c2ccncc2N)cc1.